The van der Waals surface area contributed by atoms with Gasteiger partial charge < -0.3 is 19.7 Å². The van der Waals surface area contributed by atoms with Crippen molar-refractivity contribution in [3.63, 3.8) is 0 Å². The van der Waals surface area contributed by atoms with Gasteiger partial charge in [-0.25, -0.2) is 0 Å². The molecule has 1 aliphatic carbocycles. The Balaban J connectivity index is 1.49. The molecule has 1 aliphatic rings. The van der Waals surface area contributed by atoms with E-state index in [-0.39, 0.29) is 22.8 Å². The molecule has 0 saturated carbocycles. The SMILES string of the molecule is COc1ccc(/C=C/C(=O)c2ccc(O)cc2O)cc1COc1ccc2c(c1)CCC2. The van der Waals surface area contributed by atoms with E-state index in [1.54, 1.807) is 13.2 Å². The van der Waals surface area contributed by atoms with E-state index < -0.39 is 0 Å². The third-order valence-electron chi connectivity index (χ3n) is 5.44. The van der Waals surface area contributed by atoms with Crippen LogP contribution in [0.5, 0.6) is 23.0 Å². The van der Waals surface area contributed by atoms with Crippen LogP contribution in [0.25, 0.3) is 6.08 Å². The van der Waals surface area contributed by atoms with Gasteiger partial charge in [-0.2, -0.15) is 0 Å². The lowest BCUT2D eigenvalue weighted by Gasteiger charge is -2.12. The van der Waals surface area contributed by atoms with Crippen molar-refractivity contribution in [2.24, 2.45) is 0 Å². The Bertz CT molecular complexity index is 1150. The van der Waals surface area contributed by atoms with E-state index in [9.17, 15) is 15.0 Å². The molecule has 0 aliphatic heterocycles. The highest BCUT2D eigenvalue weighted by atomic mass is 16.5. The van der Waals surface area contributed by atoms with Gasteiger partial charge in [0.1, 0.15) is 29.6 Å². The summed E-state index contributed by atoms with van der Waals surface area (Å²) in [5.74, 6) is 0.834. The number of hydrogen-bond donors (Lipinski definition) is 2. The minimum atomic E-state index is -0.357. The van der Waals surface area contributed by atoms with Crippen LogP contribution in [0.3, 0.4) is 0 Å². The van der Waals surface area contributed by atoms with Gasteiger partial charge in [-0.15, -0.1) is 0 Å². The second-order valence-electron chi connectivity index (χ2n) is 7.54. The summed E-state index contributed by atoms with van der Waals surface area (Å²) in [7, 11) is 1.61. The van der Waals surface area contributed by atoms with Crippen molar-refractivity contribution in [1.29, 1.82) is 0 Å². The molecule has 0 amide bonds. The van der Waals surface area contributed by atoms with Gasteiger partial charge >= 0.3 is 0 Å². The maximum atomic E-state index is 12.4. The van der Waals surface area contributed by atoms with Gasteiger partial charge in [0.2, 0.25) is 0 Å². The van der Waals surface area contributed by atoms with Gasteiger partial charge in [0.05, 0.1) is 12.7 Å². The van der Waals surface area contributed by atoms with Gasteiger partial charge in [0.25, 0.3) is 0 Å². The Morgan fingerprint density at radius 3 is 2.65 bits per heavy atom. The van der Waals surface area contributed by atoms with Gasteiger partial charge in [-0.1, -0.05) is 18.2 Å². The molecule has 31 heavy (non-hydrogen) atoms. The van der Waals surface area contributed by atoms with Crippen LogP contribution >= 0.6 is 0 Å². The highest BCUT2D eigenvalue weighted by Gasteiger charge is 2.12. The van der Waals surface area contributed by atoms with Crippen molar-refractivity contribution in [3.05, 3.63) is 88.5 Å². The molecular formula is C26H24O5. The summed E-state index contributed by atoms with van der Waals surface area (Å²) in [5.41, 5.74) is 4.56. The van der Waals surface area contributed by atoms with Gasteiger partial charge in [-0.05, 0) is 78.4 Å². The summed E-state index contributed by atoms with van der Waals surface area (Å²) in [6, 6.07) is 15.7. The molecule has 0 bridgehead atoms. The number of ketones is 1. The van der Waals surface area contributed by atoms with E-state index in [4.69, 9.17) is 9.47 Å². The predicted molar refractivity (Wildman–Crippen MR) is 119 cm³/mol. The number of phenols is 2. The maximum Gasteiger partial charge on any atom is 0.189 e. The van der Waals surface area contributed by atoms with Crippen LogP contribution in [0.1, 0.15) is 39.0 Å². The van der Waals surface area contributed by atoms with Crippen molar-refractivity contribution in [2.45, 2.75) is 25.9 Å². The zero-order valence-electron chi connectivity index (χ0n) is 17.3. The van der Waals surface area contributed by atoms with Crippen molar-refractivity contribution < 1.29 is 24.5 Å². The number of benzene rings is 3. The third kappa shape index (κ3) is 4.72. The lowest BCUT2D eigenvalue weighted by Crippen LogP contribution is -2.00. The summed E-state index contributed by atoms with van der Waals surface area (Å²) < 4.78 is 11.5. The zero-order valence-corrected chi connectivity index (χ0v) is 17.3. The Labute approximate surface area is 181 Å². The van der Waals surface area contributed by atoms with Crippen molar-refractivity contribution in [1.82, 2.24) is 0 Å². The zero-order chi connectivity index (χ0) is 21.8. The average molecular weight is 416 g/mol. The van der Waals surface area contributed by atoms with Gasteiger partial charge in [0.15, 0.2) is 5.78 Å². The topological polar surface area (TPSA) is 76.0 Å². The molecule has 0 radical (unpaired) electrons. The summed E-state index contributed by atoms with van der Waals surface area (Å²) in [6.07, 6.45) is 6.49. The Morgan fingerprint density at radius 1 is 1.00 bits per heavy atom. The van der Waals surface area contributed by atoms with Crippen LogP contribution in [0.15, 0.2) is 60.7 Å². The van der Waals surface area contributed by atoms with E-state index in [0.717, 1.165) is 35.8 Å². The number of allylic oxidation sites excluding steroid dienone is 1. The molecule has 158 valence electrons. The minimum Gasteiger partial charge on any atom is -0.508 e. The summed E-state index contributed by atoms with van der Waals surface area (Å²) in [4.78, 5) is 12.4. The second-order valence-corrected chi connectivity index (χ2v) is 7.54. The standard InChI is InChI=1S/C26H24O5/c1-30-26-12-6-17(5-11-24(28)23-10-8-21(27)15-25(23)29)13-20(26)16-31-22-9-7-18-3-2-4-19(18)14-22/h5-15,27,29H,2-4,16H2,1H3/b11-5+. The number of fused-ring (bicyclic) bond motifs is 1. The van der Waals surface area contributed by atoms with E-state index in [1.165, 1.54) is 35.8 Å². The molecule has 5 heteroatoms. The molecular weight excluding hydrogens is 392 g/mol. The van der Waals surface area contributed by atoms with Gasteiger partial charge in [0, 0.05) is 11.6 Å². The van der Waals surface area contributed by atoms with E-state index in [2.05, 4.69) is 12.1 Å². The van der Waals surface area contributed by atoms with E-state index in [0.29, 0.717) is 12.4 Å². The highest BCUT2D eigenvalue weighted by molar-refractivity contribution is 6.08. The Hall–Kier alpha value is -3.73. The first kappa shape index (κ1) is 20.5. The number of aryl methyl sites for hydroxylation is 2. The van der Waals surface area contributed by atoms with E-state index in [1.807, 2.05) is 24.3 Å². The van der Waals surface area contributed by atoms with E-state index >= 15 is 0 Å². The van der Waals surface area contributed by atoms with Crippen LogP contribution in [-0.4, -0.2) is 23.1 Å². The molecule has 3 aromatic rings. The molecule has 5 nitrogen and oxygen atoms in total. The number of rotatable bonds is 7. The average Bonchev–Trinajstić information content (AvgIpc) is 3.24. The quantitative estimate of drug-likeness (QED) is 0.415. The first-order valence-corrected chi connectivity index (χ1v) is 10.2. The van der Waals surface area contributed by atoms with Crippen molar-refractivity contribution in [2.75, 3.05) is 7.11 Å². The van der Waals surface area contributed by atoms with Crippen LogP contribution < -0.4 is 9.47 Å². The first-order chi connectivity index (χ1) is 15.0. The van der Waals surface area contributed by atoms with Crippen molar-refractivity contribution >= 4 is 11.9 Å². The number of ether oxygens (including phenoxy) is 2. The van der Waals surface area contributed by atoms with Gasteiger partial charge in [-0.3, -0.25) is 4.79 Å². The molecule has 0 spiro atoms. The minimum absolute atomic E-state index is 0.0961. The second kappa shape index (κ2) is 8.96. The molecule has 0 unspecified atom stereocenters. The summed E-state index contributed by atoms with van der Waals surface area (Å²) in [6.45, 7) is 0.344. The highest BCUT2D eigenvalue weighted by Crippen LogP contribution is 2.28. The predicted octanol–water partition coefficient (Wildman–Crippen LogP) is 5.07. The lowest BCUT2D eigenvalue weighted by molar-refractivity contribution is 0.104. The number of aromatic hydroxyl groups is 2. The molecule has 4 rings (SSSR count). The van der Waals surface area contributed by atoms with Crippen LogP contribution in [-0.2, 0) is 19.4 Å². The molecule has 0 fully saturated rings. The molecule has 2 N–H and O–H groups in total. The lowest BCUT2D eigenvalue weighted by atomic mass is 10.1. The van der Waals surface area contributed by atoms with Crippen LogP contribution in [0.4, 0.5) is 0 Å². The van der Waals surface area contributed by atoms with Crippen LogP contribution in [0.2, 0.25) is 0 Å². The largest absolute Gasteiger partial charge is 0.508 e. The molecule has 3 aromatic carbocycles. The normalized spacial score (nSPS) is 12.7. The van der Waals surface area contributed by atoms with Crippen molar-refractivity contribution in [3.8, 4) is 23.0 Å². The fourth-order valence-corrected chi connectivity index (χ4v) is 3.80. The molecule has 0 saturated heterocycles. The third-order valence-corrected chi connectivity index (χ3v) is 5.44. The molecule has 0 aromatic heterocycles. The first-order valence-electron chi connectivity index (χ1n) is 10.2. The number of carbonyl (C=O) groups is 1. The smallest absolute Gasteiger partial charge is 0.189 e. The maximum absolute atomic E-state index is 12.4. The molecule has 0 atom stereocenters. The number of carbonyl (C=O) groups excluding carboxylic acids is 1. The fraction of sp³-hybridized carbons (Fsp3) is 0.192. The Kier molecular flexibility index (Phi) is 5.94. The number of hydrogen-bond acceptors (Lipinski definition) is 5. The number of phenolic OH excluding ortho intramolecular Hbond substituents is 2. The number of methoxy groups -OCH3 is 1. The monoisotopic (exact) mass is 416 g/mol. The van der Waals surface area contributed by atoms with Crippen LogP contribution in [0, 0.1) is 0 Å². The summed E-state index contributed by atoms with van der Waals surface area (Å²) in [5, 5.41) is 19.2. The fourth-order valence-electron chi connectivity index (χ4n) is 3.80. The summed E-state index contributed by atoms with van der Waals surface area (Å²) >= 11 is 0. The molecule has 0 heterocycles. The Morgan fingerprint density at radius 2 is 1.84 bits per heavy atom.